The van der Waals surface area contributed by atoms with Gasteiger partial charge in [0.2, 0.25) is 10.0 Å². The molecule has 2 aromatic rings. The highest BCUT2D eigenvalue weighted by Gasteiger charge is 2.26. The molecule has 1 aromatic carbocycles. The summed E-state index contributed by atoms with van der Waals surface area (Å²) in [7, 11) is -0.366. The van der Waals surface area contributed by atoms with E-state index < -0.39 is 10.0 Å². The Morgan fingerprint density at radius 2 is 1.95 bits per heavy atom. The first kappa shape index (κ1) is 15.5. The minimum atomic E-state index is -3.39. The van der Waals surface area contributed by atoms with E-state index in [-0.39, 0.29) is 4.90 Å². The minimum absolute atomic E-state index is 0.259. The number of ether oxygens (including phenoxy) is 1. The molecule has 7 heteroatoms. The molecule has 1 aliphatic carbocycles. The summed E-state index contributed by atoms with van der Waals surface area (Å²) >= 11 is 1.69. The predicted octanol–water partition coefficient (Wildman–Crippen LogP) is 2.85. The zero-order valence-electron chi connectivity index (χ0n) is 12.5. The Kier molecular flexibility index (Phi) is 4.20. The van der Waals surface area contributed by atoms with Gasteiger partial charge in [-0.1, -0.05) is 0 Å². The lowest BCUT2D eigenvalue weighted by atomic mass is 10.3. The topological polar surface area (TPSA) is 59.5 Å². The molecule has 22 heavy (non-hydrogen) atoms. The van der Waals surface area contributed by atoms with Crippen LogP contribution in [-0.2, 0) is 16.6 Å². The number of thiazole rings is 1. The van der Waals surface area contributed by atoms with Gasteiger partial charge in [0.15, 0.2) is 0 Å². The minimum Gasteiger partial charge on any atom is -0.487 e. The summed E-state index contributed by atoms with van der Waals surface area (Å²) in [4.78, 5) is 4.82. The molecule has 1 aromatic heterocycles. The highest BCUT2D eigenvalue weighted by Crippen LogP contribution is 2.41. The molecule has 0 N–H and O–H groups in total. The molecule has 118 valence electrons. The van der Waals surface area contributed by atoms with Crippen molar-refractivity contribution >= 4 is 21.4 Å². The van der Waals surface area contributed by atoms with Gasteiger partial charge in [-0.2, -0.15) is 0 Å². The summed E-state index contributed by atoms with van der Waals surface area (Å²) in [5.41, 5.74) is 0.928. The maximum absolute atomic E-state index is 12.0. The van der Waals surface area contributed by atoms with Crippen LogP contribution in [0.15, 0.2) is 34.5 Å². The molecule has 1 aliphatic rings. The quantitative estimate of drug-likeness (QED) is 0.812. The van der Waals surface area contributed by atoms with Gasteiger partial charge in [-0.25, -0.2) is 17.7 Å². The van der Waals surface area contributed by atoms with Crippen molar-refractivity contribution in [1.82, 2.24) is 9.29 Å². The van der Waals surface area contributed by atoms with E-state index in [1.807, 2.05) is 5.38 Å². The number of hydrogen-bond donors (Lipinski definition) is 0. The molecule has 0 amide bonds. The van der Waals surface area contributed by atoms with Crippen LogP contribution in [0.5, 0.6) is 5.75 Å². The first-order chi connectivity index (χ1) is 10.5. The smallest absolute Gasteiger partial charge is 0.242 e. The van der Waals surface area contributed by atoms with E-state index in [1.54, 1.807) is 35.6 Å². The van der Waals surface area contributed by atoms with Gasteiger partial charge in [-0.3, -0.25) is 0 Å². The third-order valence-corrected chi connectivity index (χ3v) is 6.37. The normalized spacial score (nSPS) is 15.2. The summed E-state index contributed by atoms with van der Waals surface area (Å²) in [5.74, 6) is 1.30. The number of hydrogen-bond acceptors (Lipinski definition) is 5. The largest absolute Gasteiger partial charge is 0.487 e. The molecule has 0 atom stereocenters. The first-order valence-electron chi connectivity index (χ1n) is 7.06. The summed E-state index contributed by atoms with van der Waals surface area (Å²) in [6, 6.07) is 6.46. The van der Waals surface area contributed by atoms with Crippen LogP contribution in [0.2, 0.25) is 0 Å². The van der Waals surface area contributed by atoms with Crippen LogP contribution in [0.25, 0.3) is 0 Å². The van der Waals surface area contributed by atoms with Gasteiger partial charge in [-0.15, -0.1) is 11.3 Å². The number of benzene rings is 1. The molecule has 0 spiro atoms. The lowest BCUT2D eigenvalue weighted by molar-refractivity contribution is 0.301. The number of nitrogens with zero attached hydrogens (tertiary/aromatic N) is 2. The Morgan fingerprint density at radius 1 is 1.27 bits per heavy atom. The second kappa shape index (κ2) is 5.98. The molecular formula is C15H18N2O3S2. The average Bonchev–Trinajstić information content (AvgIpc) is 3.24. The Bertz CT molecular complexity index is 747. The van der Waals surface area contributed by atoms with Gasteiger partial charge in [0.1, 0.15) is 12.4 Å². The molecule has 0 saturated heterocycles. The van der Waals surface area contributed by atoms with Gasteiger partial charge in [0, 0.05) is 25.4 Å². The monoisotopic (exact) mass is 338 g/mol. The Balaban J connectivity index is 1.63. The molecule has 0 aliphatic heterocycles. The van der Waals surface area contributed by atoms with Crippen LogP contribution in [0.3, 0.4) is 0 Å². The van der Waals surface area contributed by atoms with E-state index >= 15 is 0 Å². The molecule has 1 saturated carbocycles. The van der Waals surface area contributed by atoms with E-state index in [9.17, 15) is 8.42 Å². The molecular weight excluding hydrogens is 320 g/mol. The molecule has 1 heterocycles. The van der Waals surface area contributed by atoms with Crippen LogP contribution < -0.4 is 4.74 Å². The second-order valence-corrected chi connectivity index (χ2v) is 8.54. The van der Waals surface area contributed by atoms with Crippen LogP contribution in [-0.4, -0.2) is 31.8 Å². The molecule has 0 bridgehead atoms. The summed E-state index contributed by atoms with van der Waals surface area (Å²) in [6.07, 6.45) is 2.49. The highest BCUT2D eigenvalue weighted by molar-refractivity contribution is 7.89. The van der Waals surface area contributed by atoms with Gasteiger partial charge in [0.05, 0.1) is 15.6 Å². The highest BCUT2D eigenvalue weighted by atomic mass is 32.2. The van der Waals surface area contributed by atoms with Crippen molar-refractivity contribution in [2.75, 3.05) is 14.1 Å². The SMILES string of the molecule is CN(C)S(=O)(=O)c1ccc(OCc2csc(C3CC3)n2)cc1. The fraction of sp³-hybridized carbons (Fsp3) is 0.400. The maximum atomic E-state index is 12.0. The predicted molar refractivity (Wildman–Crippen MR) is 85.7 cm³/mol. The summed E-state index contributed by atoms with van der Waals surface area (Å²) in [5, 5.41) is 3.23. The van der Waals surface area contributed by atoms with Crippen molar-refractivity contribution in [2.24, 2.45) is 0 Å². The number of rotatable bonds is 6. The summed E-state index contributed by atoms with van der Waals surface area (Å²) < 4.78 is 30.8. The molecule has 5 nitrogen and oxygen atoms in total. The fourth-order valence-corrected chi connectivity index (χ4v) is 3.86. The Labute approximate surface area is 134 Å². The standard InChI is InChI=1S/C15H18N2O3S2/c1-17(2)22(18,19)14-7-5-13(6-8-14)20-9-12-10-21-15(16-12)11-3-4-11/h5-8,10-11H,3-4,9H2,1-2H3. The lowest BCUT2D eigenvalue weighted by Gasteiger charge is -2.11. The van der Waals surface area contributed by atoms with Crippen molar-refractivity contribution < 1.29 is 13.2 Å². The average molecular weight is 338 g/mol. The van der Waals surface area contributed by atoms with Crippen molar-refractivity contribution in [3.05, 3.63) is 40.3 Å². The van der Waals surface area contributed by atoms with Gasteiger partial charge >= 0.3 is 0 Å². The zero-order chi connectivity index (χ0) is 15.7. The zero-order valence-corrected chi connectivity index (χ0v) is 14.2. The number of sulfonamides is 1. The van der Waals surface area contributed by atoms with Gasteiger partial charge in [-0.05, 0) is 37.1 Å². The van der Waals surface area contributed by atoms with Crippen LogP contribution >= 0.6 is 11.3 Å². The molecule has 3 rings (SSSR count). The van der Waals surface area contributed by atoms with E-state index in [4.69, 9.17) is 4.74 Å². The van der Waals surface area contributed by atoms with E-state index in [0.717, 1.165) is 5.69 Å². The van der Waals surface area contributed by atoms with Crippen LogP contribution in [0.1, 0.15) is 29.5 Å². The lowest BCUT2D eigenvalue weighted by Crippen LogP contribution is -2.22. The third-order valence-electron chi connectivity index (χ3n) is 3.49. The Hall–Kier alpha value is -1.44. The third kappa shape index (κ3) is 3.31. The van der Waals surface area contributed by atoms with Crippen LogP contribution in [0.4, 0.5) is 0 Å². The second-order valence-electron chi connectivity index (χ2n) is 5.50. The van der Waals surface area contributed by atoms with Crippen molar-refractivity contribution in [3.63, 3.8) is 0 Å². The Morgan fingerprint density at radius 3 is 2.55 bits per heavy atom. The molecule has 1 fully saturated rings. The van der Waals surface area contributed by atoms with Crippen molar-refractivity contribution in [3.8, 4) is 5.75 Å². The van der Waals surface area contributed by atoms with E-state index in [2.05, 4.69) is 4.98 Å². The first-order valence-corrected chi connectivity index (χ1v) is 9.38. The van der Waals surface area contributed by atoms with E-state index in [0.29, 0.717) is 18.3 Å². The van der Waals surface area contributed by atoms with Gasteiger partial charge < -0.3 is 4.74 Å². The van der Waals surface area contributed by atoms with Crippen molar-refractivity contribution in [2.45, 2.75) is 30.3 Å². The number of aromatic nitrogens is 1. The summed E-state index contributed by atoms with van der Waals surface area (Å²) in [6.45, 7) is 0.406. The maximum Gasteiger partial charge on any atom is 0.242 e. The van der Waals surface area contributed by atoms with E-state index in [1.165, 1.54) is 36.2 Å². The fourth-order valence-electron chi connectivity index (χ4n) is 1.98. The van der Waals surface area contributed by atoms with Crippen molar-refractivity contribution in [1.29, 1.82) is 0 Å². The molecule has 0 radical (unpaired) electrons. The molecule has 0 unspecified atom stereocenters. The van der Waals surface area contributed by atoms with Crippen LogP contribution in [0, 0.1) is 0 Å². The van der Waals surface area contributed by atoms with Gasteiger partial charge in [0.25, 0.3) is 0 Å².